The molecular formula is C22H23N3O. The summed E-state index contributed by atoms with van der Waals surface area (Å²) in [4.78, 5) is 12.3. The van der Waals surface area contributed by atoms with Gasteiger partial charge in [0.05, 0.1) is 0 Å². The smallest absolute Gasteiger partial charge is 0.241 e. The van der Waals surface area contributed by atoms with Crippen LogP contribution in [-0.4, -0.2) is 5.91 Å². The number of anilines is 1. The lowest BCUT2D eigenvalue weighted by Gasteiger charge is -2.14. The van der Waals surface area contributed by atoms with Gasteiger partial charge in [-0.2, -0.15) is 0 Å². The highest BCUT2D eigenvalue weighted by atomic mass is 16.2. The Hall–Kier alpha value is -3.11. The van der Waals surface area contributed by atoms with Gasteiger partial charge < -0.3 is 16.4 Å². The van der Waals surface area contributed by atoms with Gasteiger partial charge in [-0.3, -0.25) is 4.79 Å². The summed E-state index contributed by atoms with van der Waals surface area (Å²) < 4.78 is 0. The van der Waals surface area contributed by atoms with Crippen molar-refractivity contribution in [3.05, 3.63) is 102 Å². The van der Waals surface area contributed by atoms with Crippen molar-refractivity contribution < 1.29 is 4.79 Å². The number of carbonyl (C=O) groups is 1. The zero-order valence-electron chi connectivity index (χ0n) is 14.6. The molecule has 0 aliphatic rings. The highest BCUT2D eigenvalue weighted by Gasteiger charge is 2.15. The minimum Gasteiger partial charge on any atom is -0.381 e. The van der Waals surface area contributed by atoms with E-state index in [0.29, 0.717) is 6.54 Å². The molecule has 0 unspecified atom stereocenters. The molecule has 132 valence electrons. The van der Waals surface area contributed by atoms with E-state index in [1.54, 1.807) is 0 Å². The third kappa shape index (κ3) is 4.94. The van der Waals surface area contributed by atoms with Crippen LogP contribution in [-0.2, 0) is 17.9 Å². The number of hydrogen-bond donors (Lipinski definition) is 3. The lowest BCUT2D eigenvalue weighted by molar-refractivity contribution is -0.122. The predicted octanol–water partition coefficient (Wildman–Crippen LogP) is 3.61. The number of rotatable bonds is 7. The Bertz CT molecular complexity index is 817. The monoisotopic (exact) mass is 345 g/mol. The second kappa shape index (κ2) is 8.83. The first-order valence-electron chi connectivity index (χ1n) is 8.67. The van der Waals surface area contributed by atoms with Crippen LogP contribution in [0.2, 0.25) is 0 Å². The van der Waals surface area contributed by atoms with Crippen molar-refractivity contribution in [3.63, 3.8) is 0 Å². The molecule has 0 heterocycles. The molecule has 3 rings (SSSR count). The molecule has 1 atom stereocenters. The van der Waals surface area contributed by atoms with Crippen LogP contribution < -0.4 is 16.4 Å². The van der Waals surface area contributed by atoms with E-state index in [9.17, 15) is 4.79 Å². The summed E-state index contributed by atoms with van der Waals surface area (Å²) in [6, 6.07) is 27.0. The molecule has 0 saturated heterocycles. The van der Waals surface area contributed by atoms with Crippen molar-refractivity contribution in [1.82, 2.24) is 5.32 Å². The molecule has 0 aliphatic heterocycles. The normalized spacial score (nSPS) is 11.6. The summed E-state index contributed by atoms with van der Waals surface area (Å²) in [5, 5.41) is 6.24. The topological polar surface area (TPSA) is 67.2 Å². The summed E-state index contributed by atoms with van der Waals surface area (Å²) >= 11 is 0. The highest BCUT2D eigenvalue weighted by Crippen LogP contribution is 2.16. The minimum absolute atomic E-state index is 0.182. The molecule has 4 heteroatoms. The molecule has 3 aromatic rings. The Balaban J connectivity index is 1.52. The molecule has 0 aliphatic carbocycles. The number of benzene rings is 3. The van der Waals surface area contributed by atoms with Crippen LogP contribution in [0.4, 0.5) is 5.69 Å². The van der Waals surface area contributed by atoms with Crippen LogP contribution >= 0.6 is 0 Å². The number of nitrogens with one attached hydrogen (secondary N) is 2. The van der Waals surface area contributed by atoms with E-state index in [0.717, 1.165) is 23.4 Å². The van der Waals surface area contributed by atoms with Gasteiger partial charge in [0.2, 0.25) is 5.91 Å². The average Bonchev–Trinajstić information content (AvgIpc) is 2.72. The van der Waals surface area contributed by atoms with Crippen molar-refractivity contribution >= 4 is 11.6 Å². The Kier molecular flexibility index (Phi) is 6.01. The Morgan fingerprint density at radius 1 is 0.769 bits per heavy atom. The molecule has 1 amide bonds. The summed E-state index contributed by atoms with van der Waals surface area (Å²) in [6.45, 7) is 1.23. The molecular weight excluding hydrogens is 322 g/mol. The maximum Gasteiger partial charge on any atom is 0.241 e. The average molecular weight is 345 g/mol. The molecule has 0 radical (unpaired) electrons. The van der Waals surface area contributed by atoms with E-state index in [-0.39, 0.29) is 5.91 Å². The number of carbonyl (C=O) groups excluding carboxylic acids is 1. The molecule has 0 saturated carbocycles. The van der Waals surface area contributed by atoms with Gasteiger partial charge >= 0.3 is 0 Å². The third-order valence-electron chi connectivity index (χ3n) is 4.20. The fraction of sp³-hybridized carbons (Fsp3) is 0.136. The van der Waals surface area contributed by atoms with Crippen LogP contribution in [0, 0.1) is 0 Å². The first-order chi connectivity index (χ1) is 12.7. The summed E-state index contributed by atoms with van der Waals surface area (Å²) in [6.07, 6.45) is 0. The van der Waals surface area contributed by atoms with Crippen LogP contribution in [0.3, 0.4) is 0 Å². The van der Waals surface area contributed by atoms with Crippen LogP contribution in [0.5, 0.6) is 0 Å². The summed E-state index contributed by atoms with van der Waals surface area (Å²) in [5.41, 5.74) is 10.1. The van der Waals surface area contributed by atoms with E-state index in [4.69, 9.17) is 5.73 Å². The largest absolute Gasteiger partial charge is 0.381 e. The lowest BCUT2D eigenvalue weighted by atomic mass is 10.1. The maximum atomic E-state index is 12.3. The molecule has 4 nitrogen and oxygen atoms in total. The van der Waals surface area contributed by atoms with Crippen molar-refractivity contribution in [1.29, 1.82) is 0 Å². The van der Waals surface area contributed by atoms with Crippen molar-refractivity contribution in [2.75, 3.05) is 5.32 Å². The number of amides is 1. The van der Waals surface area contributed by atoms with E-state index in [1.165, 1.54) is 5.56 Å². The molecule has 0 bridgehead atoms. The zero-order chi connectivity index (χ0) is 18.2. The van der Waals surface area contributed by atoms with Crippen molar-refractivity contribution in [2.45, 2.75) is 19.1 Å². The van der Waals surface area contributed by atoms with Crippen LogP contribution in [0.1, 0.15) is 22.7 Å². The van der Waals surface area contributed by atoms with Gasteiger partial charge in [-0.05, 0) is 28.8 Å². The highest BCUT2D eigenvalue weighted by molar-refractivity contribution is 5.83. The second-order valence-corrected chi connectivity index (χ2v) is 6.14. The first-order valence-corrected chi connectivity index (χ1v) is 8.67. The van der Waals surface area contributed by atoms with E-state index in [1.807, 2.05) is 72.8 Å². The number of nitrogens with two attached hydrogens (primary N) is 1. The van der Waals surface area contributed by atoms with Crippen molar-refractivity contribution in [3.8, 4) is 0 Å². The molecule has 0 aromatic heterocycles. The minimum atomic E-state index is -0.679. The quantitative estimate of drug-likeness (QED) is 0.613. The van der Waals surface area contributed by atoms with Gasteiger partial charge in [0.25, 0.3) is 0 Å². The fourth-order valence-electron chi connectivity index (χ4n) is 2.65. The van der Waals surface area contributed by atoms with Crippen LogP contribution in [0.25, 0.3) is 0 Å². The van der Waals surface area contributed by atoms with Crippen molar-refractivity contribution in [2.24, 2.45) is 5.73 Å². The van der Waals surface area contributed by atoms with Gasteiger partial charge in [0, 0.05) is 18.8 Å². The molecule has 0 spiro atoms. The predicted molar refractivity (Wildman–Crippen MR) is 105 cm³/mol. The number of hydrogen-bond acceptors (Lipinski definition) is 3. The molecule has 26 heavy (non-hydrogen) atoms. The second-order valence-electron chi connectivity index (χ2n) is 6.14. The van der Waals surface area contributed by atoms with Crippen LogP contribution in [0.15, 0.2) is 84.9 Å². The van der Waals surface area contributed by atoms with E-state index >= 15 is 0 Å². The van der Waals surface area contributed by atoms with E-state index in [2.05, 4.69) is 22.8 Å². The summed E-state index contributed by atoms with van der Waals surface area (Å²) in [7, 11) is 0. The Labute approximate surface area is 154 Å². The Morgan fingerprint density at radius 3 is 1.88 bits per heavy atom. The first kappa shape index (κ1) is 17.7. The third-order valence-corrected chi connectivity index (χ3v) is 4.20. The fourth-order valence-corrected chi connectivity index (χ4v) is 2.65. The molecule has 3 aromatic carbocycles. The zero-order valence-corrected chi connectivity index (χ0v) is 14.6. The van der Waals surface area contributed by atoms with Gasteiger partial charge in [-0.25, -0.2) is 0 Å². The summed E-state index contributed by atoms with van der Waals surface area (Å²) in [5.74, 6) is -0.182. The molecule has 0 fully saturated rings. The standard InChI is InChI=1S/C22H23N3O/c23-21(22(26)25-16-18-9-5-2-6-10-18)19-11-13-20(14-12-19)24-15-17-7-3-1-4-8-17/h1-14,21,24H,15-16,23H2,(H,25,26)/t21-/m0/s1. The molecule has 4 N–H and O–H groups in total. The maximum absolute atomic E-state index is 12.3. The SMILES string of the molecule is N[C@H](C(=O)NCc1ccccc1)c1ccc(NCc2ccccc2)cc1. The van der Waals surface area contributed by atoms with Gasteiger partial charge in [0.15, 0.2) is 0 Å². The van der Waals surface area contributed by atoms with E-state index < -0.39 is 6.04 Å². The Morgan fingerprint density at radius 2 is 1.31 bits per heavy atom. The van der Waals surface area contributed by atoms with Gasteiger partial charge in [0.1, 0.15) is 6.04 Å². The lowest BCUT2D eigenvalue weighted by Crippen LogP contribution is -2.33. The van der Waals surface area contributed by atoms with Gasteiger partial charge in [-0.1, -0.05) is 72.8 Å². The van der Waals surface area contributed by atoms with Gasteiger partial charge in [-0.15, -0.1) is 0 Å².